The maximum atomic E-state index is 8.35. The van der Waals surface area contributed by atoms with Gasteiger partial charge in [0, 0.05) is 6.04 Å². The Labute approximate surface area is 74.3 Å². The molecule has 1 fully saturated rings. The van der Waals surface area contributed by atoms with Crippen molar-refractivity contribution in [2.24, 2.45) is 0 Å². The van der Waals surface area contributed by atoms with Gasteiger partial charge in [0.25, 0.3) is 0 Å². The maximum Gasteiger partial charge on any atom is 0.231 e. The van der Waals surface area contributed by atoms with Gasteiger partial charge in [-0.2, -0.15) is 0 Å². The van der Waals surface area contributed by atoms with Crippen LogP contribution in [0.1, 0.15) is 32.1 Å². The highest BCUT2D eigenvalue weighted by atomic mass is 16.1. The van der Waals surface area contributed by atoms with E-state index in [0.29, 0.717) is 0 Å². The van der Waals surface area contributed by atoms with Gasteiger partial charge >= 0.3 is 0 Å². The van der Waals surface area contributed by atoms with Crippen LogP contribution in [0, 0.1) is 5.41 Å². The van der Waals surface area contributed by atoms with E-state index in [0.717, 1.165) is 12.1 Å². The normalized spacial score (nSPS) is 17.9. The summed E-state index contributed by atoms with van der Waals surface area (Å²) in [5.41, 5.74) is 0. The molecule has 0 amide bonds. The van der Waals surface area contributed by atoms with Crippen LogP contribution in [0.25, 0.3) is 0 Å². The second-order valence-corrected chi connectivity index (χ2v) is 3.36. The van der Waals surface area contributed by atoms with E-state index in [1.165, 1.54) is 32.1 Å². The summed E-state index contributed by atoms with van der Waals surface area (Å²) in [4.78, 5) is 10.7. The second-order valence-electron chi connectivity index (χ2n) is 3.36. The number of rotatable bonds is 1. The Hall–Kier alpha value is -0.660. The van der Waals surface area contributed by atoms with Gasteiger partial charge in [0.05, 0.1) is 0 Å². The zero-order valence-electron chi connectivity index (χ0n) is 7.97. The van der Waals surface area contributed by atoms with Crippen LogP contribution in [0.4, 0.5) is 0 Å². The topological polar surface area (TPSA) is 44.2 Å². The van der Waals surface area contributed by atoms with Gasteiger partial charge in [0.15, 0.2) is 0 Å². The van der Waals surface area contributed by atoms with Crippen molar-refractivity contribution in [3.8, 4) is 0 Å². The predicted octanol–water partition coefficient (Wildman–Crippen LogP) is 1.78. The molecule has 0 radical (unpaired) electrons. The first-order valence-electron chi connectivity index (χ1n) is 4.42. The lowest BCUT2D eigenvalue weighted by molar-refractivity contribution is 0.229. The molecule has 1 aliphatic carbocycles. The van der Waals surface area contributed by atoms with Crippen LogP contribution in [0.15, 0.2) is 0 Å². The fraction of sp³-hybridized carbons (Fsp3) is 0.889. The first-order valence-corrected chi connectivity index (χ1v) is 4.42. The van der Waals surface area contributed by atoms with Crippen LogP contribution in [0.3, 0.4) is 0 Å². The van der Waals surface area contributed by atoms with E-state index in [1.807, 2.05) is 0 Å². The molecule has 1 N–H and O–H groups in total. The van der Waals surface area contributed by atoms with Crippen LogP contribution < -0.4 is 0 Å². The summed E-state index contributed by atoms with van der Waals surface area (Å²) in [6.45, 7) is 0. The van der Waals surface area contributed by atoms with E-state index in [4.69, 9.17) is 10.2 Å². The average Bonchev–Trinajstić information content (AvgIpc) is 2.07. The third-order valence-electron chi connectivity index (χ3n) is 2.30. The highest BCUT2D eigenvalue weighted by molar-refractivity contribution is 5.26. The lowest BCUT2D eigenvalue weighted by Gasteiger charge is -2.27. The molecule has 12 heavy (non-hydrogen) atoms. The Morgan fingerprint density at radius 2 is 1.67 bits per heavy atom. The number of nitrogens with zero attached hydrogens (tertiary/aromatic N) is 1. The Morgan fingerprint density at radius 3 is 1.92 bits per heavy atom. The minimum atomic E-state index is 0.750. The lowest BCUT2D eigenvalue weighted by atomic mass is 9.95. The van der Waals surface area contributed by atoms with E-state index < -0.39 is 0 Å². The van der Waals surface area contributed by atoms with Crippen molar-refractivity contribution in [1.82, 2.24) is 4.90 Å². The smallest absolute Gasteiger partial charge is 0.231 e. The quantitative estimate of drug-likeness (QED) is 0.481. The van der Waals surface area contributed by atoms with Crippen molar-refractivity contribution in [3.63, 3.8) is 0 Å². The van der Waals surface area contributed by atoms with Crippen molar-refractivity contribution in [1.29, 1.82) is 5.41 Å². The van der Waals surface area contributed by atoms with Crippen LogP contribution >= 0.6 is 0 Å². The molecule has 0 bridgehead atoms. The molecule has 1 saturated carbocycles. The van der Waals surface area contributed by atoms with Gasteiger partial charge in [-0.3, -0.25) is 0 Å². The van der Waals surface area contributed by atoms with E-state index in [9.17, 15) is 0 Å². The van der Waals surface area contributed by atoms with Gasteiger partial charge in [-0.25, -0.2) is 10.2 Å². The monoisotopic (exact) mass is 170 g/mol. The standard InChI is InChI=1S/C8H17N.CHNO/c1-9(2)8-6-4-3-5-7-8;2-1-3/h8H,3-7H2,1-2H3;2H. The maximum absolute atomic E-state index is 8.35. The van der Waals surface area contributed by atoms with Crippen LogP contribution in [0.2, 0.25) is 0 Å². The fourth-order valence-corrected chi connectivity index (χ4v) is 1.60. The largest absolute Gasteiger partial charge is 0.306 e. The summed E-state index contributed by atoms with van der Waals surface area (Å²) in [5, 5.41) is 5.40. The molecule has 0 unspecified atom stereocenters. The Bertz CT molecular complexity index is 133. The van der Waals surface area contributed by atoms with Gasteiger partial charge in [0.1, 0.15) is 0 Å². The minimum absolute atomic E-state index is 0.750. The van der Waals surface area contributed by atoms with Crippen molar-refractivity contribution in [2.45, 2.75) is 38.1 Å². The van der Waals surface area contributed by atoms with Gasteiger partial charge < -0.3 is 4.90 Å². The van der Waals surface area contributed by atoms with E-state index in [2.05, 4.69) is 19.0 Å². The molecule has 70 valence electrons. The van der Waals surface area contributed by atoms with Crippen molar-refractivity contribution in [3.05, 3.63) is 0 Å². The predicted molar refractivity (Wildman–Crippen MR) is 49.0 cm³/mol. The molecule has 0 spiro atoms. The van der Waals surface area contributed by atoms with Gasteiger partial charge in [-0.05, 0) is 26.9 Å². The number of nitrogens with one attached hydrogen (secondary N) is 1. The average molecular weight is 170 g/mol. The van der Waals surface area contributed by atoms with E-state index in [1.54, 1.807) is 0 Å². The Kier molecular flexibility index (Phi) is 6.63. The first kappa shape index (κ1) is 11.3. The molecule has 1 rings (SSSR count). The minimum Gasteiger partial charge on any atom is -0.306 e. The summed E-state index contributed by atoms with van der Waals surface area (Å²) in [6, 6.07) is 0.888. The van der Waals surface area contributed by atoms with Gasteiger partial charge in [-0.15, -0.1) is 0 Å². The van der Waals surface area contributed by atoms with Gasteiger partial charge in [-0.1, -0.05) is 19.3 Å². The molecule has 3 nitrogen and oxygen atoms in total. The summed E-state index contributed by atoms with van der Waals surface area (Å²) in [5.74, 6) is 0. The molecule has 0 heterocycles. The summed E-state index contributed by atoms with van der Waals surface area (Å²) < 4.78 is 0. The van der Waals surface area contributed by atoms with Crippen LogP contribution in [-0.4, -0.2) is 31.1 Å². The molecule has 1 aliphatic rings. The van der Waals surface area contributed by atoms with E-state index >= 15 is 0 Å². The molecule has 3 heteroatoms. The fourth-order valence-electron chi connectivity index (χ4n) is 1.60. The highest BCUT2D eigenvalue weighted by Gasteiger charge is 2.13. The SMILES string of the molecule is CN(C)C1CCCCC1.N=C=O. The van der Waals surface area contributed by atoms with Crippen LogP contribution in [0.5, 0.6) is 0 Å². The summed E-state index contributed by atoms with van der Waals surface area (Å²) in [7, 11) is 4.38. The molecular formula is C9H18N2O. The number of carbonyl (C=O) groups excluding carboxylic acids is 1. The third-order valence-corrected chi connectivity index (χ3v) is 2.30. The van der Waals surface area contributed by atoms with E-state index in [-0.39, 0.29) is 0 Å². The molecule has 0 atom stereocenters. The number of isocyanates is 1. The molecule has 0 aromatic carbocycles. The van der Waals surface area contributed by atoms with Crippen molar-refractivity contribution >= 4 is 6.08 Å². The molecule has 0 saturated heterocycles. The summed E-state index contributed by atoms with van der Waals surface area (Å²) in [6.07, 6.45) is 7.95. The van der Waals surface area contributed by atoms with Crippen molar-refractivity contribution < 1.29 is 4.79 Å². The third kappa shape index (κ3) is 5.05. The zero-order valence-corrected chi connectivity index (χ0v) is 7.97. The second kappa shape index (κ2) is 7.01. The Morgan fingerprint density at radius 1 is 1.25 bits per heavy atom. The Balaban J connectivity index is 0.000000354. The lowest BCUT2D eigenvalue weighted by Crippen LogP contribution is -2.29. The van der Waals surface area contributed by atoms with Crippen molar-refractivity contribution in [2.75, 3.05) is 14.1 Å². The highest BCUT2D eigenvalue weighted by Crippen LogP contribution is 2.20. The van der Waals surface area contributed by atoms with Gasteiger partial charge in [0.2, 0.25) is 6.08 Å². The molecule has 0 aromatic rings. The molecular weight excluding hydrogens is 152 g/mol. The number of hydrogen-bond donors (Lipinski definition) is 1. The summed E-state index contributed by atoms with van der Waals surface area (Å²) >= 11 is 0. The first-order chi connectivity index (χ1) is 5.72. The zero-order chi connectivity index (χ0) is 9.40. The molecule has 0 aromatic heterocycles. The number of hydrogen-bond acceptors (Lipinski definition) is 3. The van der Waals surface area contributed by atoms with Crippen LogP contribution in [-0.2, 0) is 4.79 Å². The molecule has 0 aliphatic heterocycles.